The Morgan fingerprint density at radius 1 is 1.24 bits per heavy atom. The molecule has 0 bridgehead atoms. The van der Waals surface area contributed by atoms with E-state index >= 15 is 0 Å². The zero-order valence-corrected chi connectivity index (χ0v) is 13.9. The zero-order chi connectivity index (χ0) is 15.6. The Morgan fingerprint density at radius 3 is 2.43 bits per heavy atom. The first-order valence-electron chi connectivity index (χ1n) is 8.53. The number of piperazine rings is 1. The molecule has 1 saturated carbocycles. The van der Waals surface area contributed by atoms with Crippen molar-refractivity contribution in [2.24, 2.45) is 5.92 Å². The third kappa shape index (κ3) is 3.09. The van der Waals surface area contributed by atoms with E-state index in [1.165, 1.54) is 19.3 Å². The van der Waals surface area contributed by atoms with Crippen LogP contribution in [0, 0.1) is 5.92 Å². The molecule has 2 atom stereocenters. The zero-order valence-electron chi connectivity index (χ0n) is 13.9. The Bertz CT molecular complexity index is 400. The fourth-order valence-corrected chi connectivity index (χ4v) is 4.02. The lowest BCUT2D eigenvalue weighted by atomic mass is 9.80. The van der Waals surface area contributed by atoms with Gasteiger partial charge in [-0.05, 0) is 46.0 Å². The SMILES string of the molecule is CCCC(C)N1C(=O)C(C2CCCCC2)NC(=O)C1(C)C. The van der Waals surface area contributed by atoms with Crippen LogP contribution in [0.5, 0.6) is 0 Å². The molecule has 1 N–H and O–H groups in total. The van der Waals surface area contributed by atoms with E-state index in [4.69, 9.17) is 0 Å². The fraction of sp³-hybridized carbons (Fsp3) is 0.882. The van der Waals surface area contributed by atoms with Gasteiger partial charge in [-0.15, -0.1) is 0 Å². The maximum Gasteiger partial charge on any atom is 0.246 e. The predicted molar refractivity (Wildman–Crippen MR) is 83.8 cm³/mol. The van der Waals surface area contributed by atoms with Gasteiger partial charge >= 0.3 is 0 Å². The lowest BCUT2D eigenvalue weighted by Gasteiger charge is -2.49. The fourth-order valence-electron chi connectivity index (χ4n) is 4.02. The molecule has 1 aliphatic heterocycles. The molecule has 120 valence electrons. The highest BCUT2D eigenvalue weighted by atomic mass is 16.2. The summed E-state index contributed by atoms with van der Waals surface area (Å²) in [5.41, 5.74) is -0.739. The molecule has 0 aromatic rings. The maximum absolute atomic E-state index is 13.0. The summed E-state index contributed by atoms with van der Waals surface area (Å²) in [5, 5.41) is 3.02. The van der Waals surface area contributed by atoms with Gasteiger partial charge in [0.1, 0.15) is 11.6 Å². The van der Waals surface area contributed by atoms with Crippen LogP contribution in [0.4, 0.5) is 0 Å². The molecular weight excluding hydrogens is 264 g/mol. The first kappa shape index (κ1) is 16.3. The predicted octanol–water partition coefficient (Wildman–Crippen LogP) is 2.86. The first-order valence-corrected chi connectivity index (χ1v) is 8.53. The Balaban J connectivity index is 2.23. The second-order valence-electron chi connectivity index (χ2n) is 7.25. The van der Waals surface area contributed by atoms with Crippen LogP contribution in [0.15, 0.2) is 0 Å². The highest BCUT2D eigenvalue weighted by Crippen LogP contribution is 2.33. The van der Waals surface area contributed by atoms with Crippen molar-refractivity contribution in [2.45, 2.75) is 90.3 Å². The summed E-state index contributed by atoms with van der Waals surface area (Å²) in [5.74, 6) is 0.454. The minimum absolute atomic E-state index is 0.000580. The van der Waals surface area contributed by atoms with Gasteiger partial charge in [0.05, 0.1) is 0 Å². The normalized spacial score (nSPS) is 28.4. The van der Waals surface area contributed by atoms with Crippen molar-refractivity contribution < 1.29 is 9.59 Å². The molecule has 2 rings (SSSR count). The third-order valence-corrected chi connectivity index (χ3v) is 5.22. The number of amides is 2. The van der Waals surface area contributed by atoms with E-state index in [9.17, 15) is 9.59 Å². The van der Waals surface area contributed by atoms with E-state index in [2.05, 4.69) is 19.2 Å². The average molecular weight is 294 g/mol. The minimum atomic E-state index is -0.739. The lowest BCUT2D eigenvalue weighted by Crippen LogP contribution is -2.71. The number of carbonyl (C=O) groups excluding carboxylic acids is 2. The van der Waals surface area contributed by atoms with Gasteiger partial charge in [-0.1, -0.05) is 32.6 Å². The first-order chi connectivity index (χ1) is 9.89. The molecule has 0 radical (unpaired) electrons. The maximum atomic E-state index is 13.0. The van der Waals surface area contributed by atoms with Crippen molar-refractivity contribution in [1.29, 1.82) is 0 Å². The van der Waals surface area contributed by atoms with Crippen molar-refractivity contribution in [3.05, 3.63) is 0 Å². The molecule has 4 heteroatoms. The smallest absolute Gasteiger partial charge is 0.246 e. The van der Waals surface area contributed by atoms with Crippen molar-refractivity contribution in [3.63, 3.8) is 0 Å². The van der Waals surface area contributed by atoms with Gasteiger partial charge in [-0.25, -0.2) is 0 Å². The number of hydrogen-bond acceptors (Lipinski definition) is 2. The van der Waals surface area contributed by atoms with Crippen molar-refractivity contribution in [1.82, 2.24) is 10.2 Å². The van der Waals surface area contributed by atoms with E-state index < -0.39 is 5.54 Å². The summed E-state index contributed by atoms with van der Waals surface area (Å²) >= 11 is 0. The highest BCUT2D eigenvalue weighted by Gasteiger charge is 2.49. The number of rotatable bonds is 4. The molecule has 0 spiro atoms. The molecule has 1 aliphatic carbocycles. The molecule has 1 saturated heterocycles. The standard InChI is InChI=1S/C17H30N2O2/c1-5-9-12(2)19-15(20)14(13-10-7-6-8-11-13)18-16(21)17(19,3)4/h12-14H,5-11H2,1-4H3,(H,18,21). The third-order valence-electron chi connectivity index (χ3n) is 5.22. The lowest BCUT2D eigenvalue weighted by molar-refractivity contribution is -0.160. The van der Waals surface area contributed by atoms with Crippen molar-refractivity contribution in [3.8, 4) is 0 Å². The summed E-state index contributed by atoms with van der Waals surface area (Å²) in [6.45, 7) is 7.92. The van der Waals surface area contributed by atoms with E-state index in [-0.39, 0.29) is 23.9 Å². The van der Waals surface area contributed by atoms with Crippen LogP contribution in [0.1, 0.15) is 72.6 Å². The number of nitrogens with zero attached hydrogens (tertiary/aromatic N) is 1. The second-order valence-corrected chi connectivity index (χ2v) is 7.25. The molecule has 2 aliphatic rings. The molecule has 1 heterocycles. The molecule has 2 unspecified atom stereocenters. The van der Waals surface area contributed by atoms with E-state index in [1.807, 2.05) is 18.7 Å². The Kier molecular flexibility index (Phi) is 4.95. The molecule has 2 amide bonds. The topological polar surface area (TPSA) is 49.4 Å². The second kappa shape index (κ2) is 6.37. The Labute approximate surface area is 128 Å². The van der Waals surface area contributed by atoms with E-state index in [0.717, 1.165) is 25.7 Å². The van der Waals surface area contributed by atoms with Crippen LogP contribution in [0.25, 0.3) is 0 Å². The summed E-state index contributed by atoms with van der Waals surface area (Å²) in [6.07, 6.45) is 7.71. The van der Waals surface area contributed by atoms with Gasteiger partial charge in [-0.2, -0.15) is 0 Å². The molecule has 4 nitrogen and oxygen atoms in total. The average Bonchev–Trinajstić information content (AvgIpc) is 2.44. The van der Waals surface area contributed by atoms with Crippen LogP contribution in [0.3, 0.4) is 0 Å². The Hall–Kier alpha value is -1.06. The molecular formula is C17H30N2O2. The summed E-state index contributed by atoms with van der Waals surface area (Å²) < 4.78 is 0. The van der Waals surface area contributed by atoms with Crippen LogP contribution >= 0.6 is 0 Å². The van der Waals surface area contributed by atoms with Crippen LogP contribution in [-0.4, -0.2) is 34.3 Å². The van der Waals surface area contributed by atoms with Gasteiger partial charge in [0.2, 0.25) is 11.8 Å². The summed E-state index contributed by atoms with van der Waals surface area (Å²) in [6, 6.07) is -0.181. The number of carbonyl (C=O) groups is 2. The number of hydrogen-bond donors (Lipinski definition) is 1. The summed E-state index contributed by atoms with van der Waals surface area (Å²) in [7, 11) is 0. The monoisotopic (exact) mass is 294 g/mol. The van der Waals surface area contributed by atoms with Crippen molar-refractivity contribution in [2.75, 3.05) is 0 Å². The van der Waals surface area contributed by atoms with Gasteiger partial charge in [0.25, 0.3) is 0 Å². The van der Waals surface area contributed by atoms with E-state index in [0.29, 0.717) is 5.92 Å². The minimum Gasteiger partial charge on any atom is -0.342 e. The molecule has 0 aromatic heterocycles. The van der Waals surface area contributed by atoms with E-state index in [1.54, 1.807) is 0 Å². The molecule has 2 fully saturated rings. The van der Waals surface area contributed by atoms with Crippen LogP contribution in [0.2, 0.25) is 0 Å². The van der Waals surface area contributed by atoms with Gasteiger partial charge in [0, 0.05) is 6.04 Å². The van der Waals surface area contributed by atoms with Crippen LogP contribution < -0.4 is 5.32 Å². The quantitative estimate of drug-likeness (QED) is 0.866. The summed E-state index contributed by atoms with van der Waals surface area (Å²) in [4.78, 5) is 27.4. The largest absolute Gasteiger partial charge is 0.342 e. The molecule has 0 aromatic carbocycles. The van der Waals surface area contributed by atoms with Gasteiger partial charge in [0.15, 0.2) is 0 Å². The van der Waals surface area contributed by atoms with Crippen molar-refractivity contribution >= 4 is 11.8 Å². The van der Waals surface area contributed by atoms with Crippen LogP contribution in [-0.2, 0) is 9.59 Å². The molecule has 21 heavy (non-hydrogen) atoms. The van der Waals surface area contributed by atoms with Gasteiger partial charge in [-0.3, -0.25) is 9.59 Å². The Morgan fingerprint density at radius 2 is 1.86 bits per heavy atom. The van der Waals surface area contributed by atoms with Gasteiger partial charge < -0.3 is 10.2 Å². The highest BCUT2D eigenvalue weighted by molar-refractivity contribution is 5.99. The number of nitrogens with one attached hydrogen (secondary N) is 1.